The van der Waals surface area contributed by atoms with Crippen LogP contribution in [0.25, 0.3) is 11.4 Å². The highest BCUT2D eigenvalue weighted by Crippen LogP contribution is 2.33. The van der Waals surface area contributed by atoms with E-state index in [1.165, 1.54) is 12.1 Å². The lowest BCUT2D eigenvalue weighted by atomic mass is 10.0. The van der Waals surface area contributed by atoms with Crippen molar-refractivity contribution < 1.29 is 18.7 Å². The molecule has 29 heavy (non-hydrogen) atoms. The first kappa shape index (κ1) is 17.6. The standard InChI is InChI=1S/C20H18FN5O3/c21-15-4-1-13(2-5-15)19-22-24-26(23-19)16-7-9-25(10-8-16)20(27)14-3-6-17-18(11-14)29-12-28-17/h1-6,11,16H,7-10,12H2. The van der Waals surface area contributed by atoms with Crippen LogP contribution in [0.2, 0.25) is 0 Å². The fourth-order valence-electron chi connectivity index (χ4n) is 3.61. The SMILES string of the molecule is O=C(c1ccc2c(c1)OCO2)N1CCC(n2nnc(-c3ccc(F)cc3)n2)CC1. The van der Waals surface area contributed by atoms with Gasteiger partial charge in [0.1, 0.15) is 5.82 Å². The lowest BCUT2D eigenvalue weighted by Gasteiger charge is -2.31. The molecule has 1 saturated heterocycles. The molecular formula is C20H18FN5O3. The molecule has 148 valence electrons. The van der Waals surface area contributed by atoms with Gasteiger partial charge in [-0.2, -0.15) is 4.80 Å². The van der Waals surface area contributed by atoms with Gasteiger partial charge in [-0.25, -0.2) is 4.39 Å². The first-order valence-corrected chi connectivity index (χ1v) is 9.42. The number of tetrazole rings is 1. The molecule has 8 nitrogen and oxygen atoms in total. The van der Waals surface area contributed by atoms with Crippen molar-refractivity contribution in [1.29, 1.82) is 0 Å². The summed E-state index contributed by atoms with van der Waals surface area (Å²) in [5.41, 5.74) is 1.30. The number of fused-ring (bicyclic) bond motifs is 1. The maximum atomic E-state index is 13.1. The van der Waals surface area contributed by atoms with Gasteiger partial charge in [-0.15, -0.1) is 10.2 Å². The zero-order valence-corrected chi connectivity index (χ0v) is 15.5. The van der Waals surface area contributed by atoms with E-state index in [0.717, 1.165) is 12.8 Å². The van der Waals surface area contributed by atoms with Gasteiger partial charge >= 0.3 is 0 Å². The molecule has 0 saturated carbocycles. The number of nitrogens with zero attached hydrogens (tertiary/aromatic N) is 5. The highest BCUT2D eigenvalue weighted by Gasteiger charge is 2.27. The van der Waals surface area contributed by atoms with Crippen molar-refractivity contribution in [1.82, 2.24) is 25.1 Å². The number of aromatic nitrogens is 4. The Hall–Kier alpha value is -3.49. The molecule has 5 rings (SSSR count). The van der Waals surface area contributed by atoms with E-state index < -0.39 is 0 Å². The zero-order chi connectivity index (χ0) is 19.8. The summed E-state index contributed by atoms with van der Waals surface area (Å²) in [5.74, 6) is 1.39. The van der Waals surface area contributed by atoms with Crippen LogP contribution in [0.1, 0.15) is 29.2 Å². The van der Waals surface area contributed by atoms with E-state index in [4.69, 9.17) is 9.47 Å². The Labute approximate surface area is 165 Å². The zero-order valence-electron chi connectivity index (χ0n) is 15.5. The van der Waals surface area contributed by atoms with Gasteiger partial charge in [0, 0.05) is 24.2 Å². The van der Waals surface area contributed by atoms with Crippen LogP contribution in [0, 0.1) is 5.82 Å². The van der Waals surface area contributed by atoms with E-state index in [0.29, 0.717) is 41.5 Å². The Balaban J connectivity index is 1.24. The number of benzene rings is 2. The van der Waals surface area contributed by atoms with Crippen molar-refractivity contribution >= 4 is 5.91 Å². The Morgan fingerprint density at radius 1 is 1.03 bits per heavy atom. The molecule has 0 unspecified atom stereocenters. The lowest BCUT2D eigenvalue weighted by Crippen LogP contribution is -2.39. The number of hydrogen-bond acceptors (Lipinski definition) is 6. The average Bonchev–Trinajstić information content (AvgIpc) is 3.43. The van der Waals surface area contributed by atoms with Crippen LogP contribution in [0.5, 0.6) is 11.5 Å². The second-order valence-electron chi connectivity index (χ2n) is 7.03. The second-order valence-corrected chi connectivity index (χ2v) is 7.03. The van der Waals surface area contributed by atoms with Crippen LogP contribution >= 0.6 is 0 Å². The van der Waals surface area contributed by atoms with E-state index in [-0.39, 0.29) is 24.6 Å². The van der Waals surface area contributed by atoms with Crippen molar-refractivity contribution in [2.45, 2.75) is 18.9 Å². The van der Waals surface area contributed by atoms with Gasteiger partial charge < -0.3 is 14.4 Å². The predicted octanol–water partition coefficient (Wildman–Crippen LogP) is 2.69. The summed E-state index contributed by atoms with van der Waals surface area (Å²) in [5, 5.41) is 12.7. The lowest BCUT2D eigenvalue weighted by molar-refractivity contribution is 0.0682. The van der Waals surface area contributed by atoms with E-state index in [1.807, 2.05) is 4.90 Å². The number of halogens is 1. The number of carbonyl (C=O) groups excluding carboxylic acids is 1. The van der Waals surface area contributed by atoms with Crippen LogP contribution in [0.3, 0.4) is 0 Å². The molecule has 2 aliphatic heterocycles. The first-order chi connectivity index (χ1) is 14.2. The number of amides is 1. The van der Waals surface area contributed by atoms with Crippen molar-refractivity contribution in [3.8, 4) is 22.9 Å². The molecule has 9 heteroatoms. The Bertz CT molecular complexity index is 1040. The van der Waals surface area contributed by atoms with Gasteiger partial charge in [-0.05, 0) is 60.5 Å². The number of ether oxygens (including phenoxy) is 2. The molecule has 0 bridgehead atoms. The normalized spacial score (nSPS) is 16.2. The molecule has 2 aromatic carbocycles. The monoisotopic (exact) mass is 395 g/mol. The topological polar surface area (TPSA) is 82.4 Å². The molecule has 0 aliphatic carbocycles. The summed E-state index contributed by atoms with van der Waals surface area (Å²) < 4.78 is 23.7. The molecule has 0 atom stereocenters. The van der Waals surface area contributed by atoms with Crippen molar-refractivity contribution in [3.05, 3.63) is 53.8 Å². The molecule has 3 heterocycles. The molecule has 3 aromatic rings. The van der Waals surface area contributed by atoms with E-state index >= 15 is 0 Å². The third-order valence-electron chi connectivity index (χ3n) is 5.23. The fraction of sp³-hybridized carbons (Fsp3) is 0.300. The summed E-state index contributed by atoms with van der Waals surface area (Å²) in [4.78, 5) is 16.2. The average molecular weight is 395 g/mol. The van der Waals surface area contributed by atoms with Crippen LogP contribution in [0.15, 0.2) is 42.5 Å². The van der Waals surface area contributed by atoms with Gasteiger partial charge in [-0.1, -0.05) is 0 Å². The maximum absolute atomic E-state index is 13.1. The molecule has 1 aromatic heterocycles. The number of carbonyl (C=O) groups is 1. The summed E-state index contributed by atoms with van der Waals surface area (Å²) in [6.45, 7) is 1.39. The van der Waals surface area contributed by atoms with E-state index in [2.05, 4.69) is 15.4 Å². The Kier molecular flexibility index (Phi) is 4.34. The molecule has 1 fully saturated rings. The van der Waals surface area contributed by atoms with Crippen molar-refractivity contribution in [2.24, 2.45) is 0 Å². The smallest absolute Gasteiger partial charge is 0.253 e. The molecule has 0 N–H and O–H groups in total. The highest BCUT2D eigenvalue weighted by molar-refractivity contribution is 5.95. The number of hydrogen-bond donors (Lipinski definition) is 0. The van der Waals surface area contributed by atoms with Gasteiger partial charge in [0.15, 0.2) is 11.5 Å². The summed E-state index contributed by atoms with van der Waals surface area (Å²) >= 11 is 0. The molecule has 0 radical (unpaired) electrons. The summed E-state index contributed by atoms with van der Waals surface area (Å²) in [6.07, 6.45) is 1.46. The van der Waals surface area contributed by atoms with Gasteiger partial charge in [-0.3, -0.25) is 4.79 Å². The van der Waals surface area contributed by atoms with E-state index in [9.17, 15) is 9.18 Å². The molecular weight excluding hydrogens is 377 g/mol. The van der Waals surface area contributed by atoms with Crippen LogP contribution < -0.4 is 9.47 Å². The maximum Gasteiger partial charge on any atom is 0.253 e. The number of piperidine rings is 1. The third kappa shape index (κ3) is 3.39. The van der Waals surface area contributed by atoms with Gasteiger partial charge in [0.25, 0.3) is 5.91 Å². The third-order valence-corrected chi connectivity index (χ3v) is 5.23. The van der Waals surface area contributed by atoms with Crippen LogP contribution in [-0.2, 0) is 0 Å². The summed E-state index contributed by atoms with van der Waals surface area (Å²) in [7, 11) is 0. The number of likely N-dealkylation sites (tertiary alicyclic amines) is 1. The minimum atomic E-state index is -0.305. The van der Waals surface area contributed by atoms with Gasteiger partial charge in [0.2, 0.25) is 12.6 Å². The highest BCUT2D eigenvalue weighted by atomic mass is 19.1. The fourth-order valence-corrected chi connectivity index (χ4v) is 3.61. The number of rotatable bonds is 3. The minimum Gasteiger partial charge on any atom is -0.454 e. The minimum absolute atomic E-state index is 0.0275. The van der Waals surface area contributed by atoms with Crippen LogP contribution in [-0.4, -0.2) is 50.9 Å². The molecule has 0 spiro atoms. The Morgan fingerprint density at radius 2 is 1.79 bits per heavy atom. The van der Waals surface area contributed by atoms with Crippen molar-refractivity contribution in [3.63, 3.8) is 0 Å². The quantitative estimate of drug-likeness (QED) is 0.678. The van der Waals surface area contributed by atoms with Crippen molar-refractivity contribution in [2.75, 3.05) is 19.9 Å². The first-order valence-electron chi connectivity index (χ1n) is 9.42. The molecule has 1 amide bonds. The second kappa shape index (κ2) is 7.16. The van der Waals surface area contributed by atoms with Gasteiger partial charge in [0.05, 0.1) is 6.04 Å². The van der Waals surface area contributed by atoms with E-state index in [1.54, 1.807) is 35.1 Å². The van der Waals surface area contributed by atoms with Crippen LogP contribution in [0.4, 0.5) is 4.39 Å². The molecule has 2 aliphatic rings. The Morgan fingerprint density at radius 3 is 2.59 bits per heavy atom. The summed E-state index contributed by atoms with van der Waals surface area (Å²) in [6, 6.07) is 11.3. The largest absolute Gasteiger partial charge is 0.454 e. The predicted molar refractivity (Wildman–Crippen MR) is 100.0 cm³/mol.